The molecule has 2 rings (SSSR count). The van der Waals surface area contributed by atoms with E-state index in [1.165, 1.54) is 0 Å². The zero-order valence-corrected chi connectivity index (χ0v) is 12.9. The van der Waals surface area contributed by atoms with Crippen molar-refractivity contribution in [1.82, 2.24) is 4.90 Å². The Morgan fingerprint density at radius 3 is 2.50 bits per heavy atom. The lowest BCUT2D eigenvalue weighted by Gasteiger charge is -2.43. The molecule has 0 radical (unpaired) electrons. The van der Waals surface area contributed by atoms with Crippen LogP contribution in [-0.2, 0) is 4.74 Å². The van der Waals surface area contributed by atoms with E-state index in [0.717, 1.165) is 13.0 Å². The Morgan fingerprint density at radius 1 is 1.25 bits per heavy atom. The summed E-state index contributed by atoms with van der Waals surface area (Å²) in [5.74, 6) is 0.175. The highest BCUT2D eigenvalue weighted by Crippen LogP contribution is 2.27. The number of esters is 1. The summed E-state index contributed by atoms with van der Waals surface area (Å²) in [6, 6.07) is 10.2. The molecular formula is C17H25NO2. The van der Waals surface area contributed by atoms with Gasteiger partial charge in [-0.15, -0.1) is 0 Å². The van der Waals surface area contributed by atoms with Crippen molar-refractivity contribution in [2.45, 2.75) is 52.3 Å². The normalized spacial score (nSPS) is 27.6. The molecule has 1 aliphatic heterocycles. The summed E-state index contributed by atoms with van der Waals surface area (Å²) >= 11 is 0. The molecular weight excluding hydrogens is 250 g/mol. The van der Waals surface area contributed by atoms with Crippen molar-refractivity contribution in [2.24, 2.45) is 5.92 Å². The number of carbonyl (C=O) groups is 1. The zero-order valence-electron chi connectivity index (χ0n) is 12.9. The maximum atomic E-state index is 12.1. The van der Waals surface area contributed by atoms with Crippen LogP contribution in [-0.4, -0.2) is 35.6 Å². The number of ether oxygens (including phenoxy) is 1. The smallest absolute Gasteiger partial charge is 0.338 e. The maximum Gasteiger partial charge on any atom is 0.338 e. The van der Waals surface area contributed by atoms with Gasteiger partial charge < -0.3 is 4.74 Å². The predicted molar refractivity (Wildman–Crippen MR) is 80.7 cm³/mol. The first-order valence-corrected chi connectivity index (χ1v) is 7.50. The third-order valence-corrected chi connectivity index (χ3v) is 4.20. The van der Waals surface area contributed by atoms with Crippen molar-refractivity contribution >= 4 is 5.97 Å². The summed E-state index contributed by atoms with van der Waals surface area (Å²) in [4.78, 5) is 14.6. The number of likely N-dealkylation sites (tertiary alicyclic amines) is 1. The molecule has 1 aromatic carbocycles. The average Bonchev–Trinajstić information content (AvgIpc) is 2.43. The molecule has 0 saturated carbocycles. The van der Waals surface area contributed by atoms with E-state index in [4.69, 9.17) is 4.74 Å². The van der Waals surface area contributed by atoms with Crippen molar-refractivity contribution < 1.29 is 9.53 Å². The van der Waals surface area contributed by atoms with Crippen LogP contribution in [0.3, 0.4) is 0 Å². The van der Waals surface area contributed by atoms with E-state index < -0.39 is 0 Å². The summed E-state index contributed by atoms with van der Waals surface area (Å²) < 4.78 is 5.72. The zero-order chi connectivity index (χ0) is 14.7. The van der Waals surface area contributed by atoms with Crippen molar-refractivity contribution in [2.75, 3.05) is 6.54 Å². The molecule has 3 heteroatoms. The van der Waals surface area contributed by atoms with Crippen LogP contribution in [0.1, 0.15) is 44.5 Å². The number of nitrogens with zero attached hydrogens (tertiary/aromatic N) is 1. The first-order chi connectivity index (χ1) is 9.49. The van der Waals surface area contributed by atoms with Crippen LogP contribution in [0.2, 0.25) is 0 Å². The minimum absolute atomic E-state index is 0.0210. The number of benzene rings is 1. The third-order valence-electron chi connectivity index (χ3n) is 4.20. The van der Waals surface area contributed by atoms with Gasteiger partial charge >= 0.3 is 5.97 Å². The van der Waals surface area contributed by atoms with Crippen molar-refractivity contribution in [1.29, 1.82) is 0 Å². The van der Waals surface area contributed by atoms with E-state index in [0.29, 0.717) is 23.6 Å². The number of piperidine rings is 1. The second kappa shape index (κ2) is 6.40. The molecule has 3 atom stereocenters. The quantitative estimate of drug-likeness (QED) is 0.792. The second-order valence-corrected chi connectivity index (χ2v) is 6.16. The standard InChI is InChI=1S/C17H25NO2/c1-12(2)18-11-13(3)16(10-14(18)4)20-17(19)15-8-6-5-7-9-15/h5-9,12-14,16H,10-11H2,1-4H3/t13-,14+,16-/m1/s1. The highest BCUT2D eigenvalue weighted by atomic mass is 16.5. The molecule has 1 aromatic rings. The SMILES string of the molecule is CC(C)N1C[C@@H](C)[C@H](OC(=O)c2ccccc2)C[C@@H]1C. The van der Waals surface area contributed by atoms with Gasteiger partial charge in [0.1, 0.15) is 6.10 Å². The van der Waals surface area contributed by atoms with Crippen LogP contribution in [0, 0.1) is 5.92 Å². The molecule has 1 heterocycles. The predicted octanol–water partition coefficient (Wildman–Crippen LogP) is 3.35. The minimum atomic E-state index is -0.201. The molecule has 1 saturated heterocycles. The van der Waals surface area contributed by atoms with E-state index >= 15 is 0 Å². The number of hydrogen-bond donors (Lipinski definition) is 0. The van der Waals surface area contributed by atoms with Gasteiger partial charge in [-0.1, -0.05) is 25.1 Å². The average molecular weight is 275 g/mol. The summed E-state index contributed by atoms with van der Waals surface area (Å²) in [5, 5.41) is 0. The first kappa shape index (κ1) is 15.0. The lowest BCUT2D eigenvalue weighted by Crippen LogP contribution is -2.51. The molecule has 0 aliphatic carbocycles. The minimum Gasteiger partial charge on any atom is -0.458 e. The molecule has 110 valence electrons. The Kier molecular flexibility index (Phi) is 4.81. The fourth-order valence-corrected chi connectivity index (χ4v) is 3.00. The molecule has 0 aromatic heterocycles. The van der Waals surface area contributed by atoms with Crippen LogP contribution in [0.4, 0.5) is 0 Å². The van der Waals surface area contributed by atoms with E-state index in [-0.39, 0.29) is 12.1 Å². The second-order valence-electron chi connectivity index (χ2n) is 6.16. The van der Waals surface area contributed by atoms with E-state index in [2.05, 4.69) is 32.6 Å². The van der Waals surface area contributed by atoms with Crippen LogP contribution < -0.4 is 0 Å². The first-order valence-electron chi connectivity index (χ1n) is 7.50. The van der Waals surface area contributed by atoms with Crippen LogP contribution >= 0.6 is 0 Å². The van der Waals surface area contributed by atoms with Gasteiger partial charge in [0.15, 0.2) is 0 Å². The van der Waals surface area contributed by atoms with Gasteiger partial charge in [-0.3, -0.25) is 4.90 Å². The molecule has 0 N–H and O–H groups in total. The highest BCUT2D eigenvalue weighted by molar-refractivity contribution is 5.89. The molecule has 1 fully saturated rings. The molecule has 20 heavy (non-hydrogen) atoms. The Hall–Kier alpha value is -1.35. The fraction of sp³-hybridized carbons (Fsp3) is 0.588. The summed E-state index contributed by atoms with van der Waals surface area (Å²) in [5.41, 5.74) is 0.638. The molecule has 0 amide bonds. The largest absolute Gasteiger partial charge is 0.458 e. The lowest BCUT2D eigenvalue weighted by molar-refractivity contribution is -0.0329. The van der Waals surface area contributed by atoms with Gasteiger partial charge in [0.05, 0.1) is 5.56 Å². The van der Waals surface area contributed by atoms with Crippen molar-refractivity contribution in [3.05, 3.63) is 35.9 Å². The molecule has 0 unspecified atom stereocenters. The summed E-state index contributed by atoms with van der Waals surface area (Å²) in [7, 11) is 0. The number of hydrogen-bond acceptors (Lipinski definition) is 3. The maximum absolute atomic E-state index is 12.1. The lowest BCUT2D eigenvalue weighted by atomic mass is 9.90. The van der Waals surface area contributed by atoms with E-state index in [1.807, 2.05) is 18.2 Å². The topological polar surface area (TPSA) is 29.5 Å². The number of rotatable bonds is 3. The fourth-order valence-electron chi connectivity index (χ4n) is 3.00. The van der Waals surface area contributed by atoms with Gasteiger partial charge in [-0.05, 0) is 32.9 Å². The van der Waals surface area contributed by atoms with Gasteiger partial charge in [0.2, 0.25) is 0 Å². The van der Waals surface area contributed by atoms with Crippen molar-refractivity contribution in [3.8, 4) is 0 Å². The molecule has 0 spiro atoms. The van der Waals surface area contributed by atoms with Gasteiger partial charge in [-0.25, -0.2) is 4.79 Å². The molecule has 1 aliphatic rings. The molecule has 3 nitrogen and oxygen atoms in total. The van der Waals surface area contributed by atoms with Gasteiger partial charge in [0, 0.05) is 31.0 Å². The van der Waals surface area contributed by atoms with Gasteiger partial charge in [0.25, 0.3) is 0 Å². The Labute approximate surface area is 121 Å². The summed E-state index contributed by atoms with van der Waals surface area (Å²) in [6.45, 7) is 9.82. The molecule has 0 bridgehead atoms. The van der Waals surface area contributed by atoms with E-state index in [9.17, 15) is 4.79 Å². The van der Waals surface area contributed by atoms with Crippen LogP contribution in [0.25, 0.3) is 0 Å². The Morgan fingerprint density at radius 2 is 1.90 bits per heavy atom. The van der Waals surface area contributed by atoms with Crippen LogP contribution in [0.5, 0.6) is 0 Å². The van der Waals surface area contributed by atoms with Crippen molar-refractivity contribution in [3.63, 3.8) is 0 Å². The monoisotopic (exact) mass is 275 g/mol. The third kappa shape index (κ3) is 3.40. The summed E-state index contributed by atoms with van der Waals surface area (Å²) in [6.07, 6.45) is 0.936. The Bertz CT molecular complexity index is 444. The Balaban J connectivity index is 1.99. The van der Waals surface area contributed by atoms with Gasteiger partial charge in [-0.2, -0.15) is 0 Å². The van der Waals surface area contributed by atoms with Crippen LogP contribution in [0.15, 0.2) is 30.3 Å². The number of carbonyl (C=O) groups excluding carboxylic acids is 1. The highest BCUT2D eigenvalue weighted by Gasteiger charge is 2.34. The van der Waals surface area contributed by atoms with E-state index in [1.54, 1.807) is 12.1 Å².